The molecule has 5 heteroatoms. The first kappa shape index (κ1) is 65.2. The van der Waals surface area contributed by atoms with Crippen molar-refractivity contribution in [3.63, 3.8) is 0 Å². The van der Waals surface area contributed by atoms with Crippen LogP contribution in [0.2, 0.25) is 0 Å². The van der Waals surface area contributed by atoms with E-state index in [2.05, 4.69) is 0 Å². The van der Waals surface area contributed by atoms with E-state index >= 15 is 0 Å². The predicted octanol–water partition coefficient (Wildman–Crippen LogP) is -8.99. The molecule has 0 unspecified atom stereocenters. The molecular formula is Cl3Cr2. The van der Waals surface area contributed by atoms with Crippen LogP contribution in [0.5, 0.6) is 0 Å². The summed E-state index contributed by atoms with van der Waals surface area (Å²) >= 11 is 0. The summed E-state index contributed by atoms with van der Waals surface area (Å²) in [7, 11) is 0. The third-order valence-electron chi connectivity index (χ3n) is 0. The van der Waals surface area contributed by atoms with E-state index < -0.39 is 0 Å². The van der Waals surface area contributed by atoms with Gasteiger partial charge in [0.2, 0.25) is 0 Å². The summed E-state index contributed by atoms with van der Waals surface area (Å²) < 4.78 is 0. The van der Waals surface area contributed by atoms with Gasteiger partial charge < -0.3 is 37.2 Å². The minimum absolute atomic E-state index is 0. The van der Waals surface area contributed by atoms with Gasteiger partial charge in [-0.3, -0.25) is 0 Å². The van der Waals surface area contributed by atoms with E-state index in [9.17, 15) is 0 Å². The molecule has 0 saturated heterocycles. The molecular weight excluding hydrogens is 210 g/mol. The Balaban J connectivity index is 0. The summed E-state index contributed by atoms with van der Waals surface area (Å²) in [4.78, 5) is 0. The van der Waals surface area contributed by atoms with Gasteiger partial charge in [0.1, 0.15) is 0 Å². The standard InChI is InChI=1S/3ClH.2Cr/h3*1H;;/q;;;;+3/p-3. The van der Waals surface area contributed by atoms with Crippen LogP contribution in [-0.4, -0.2) is 0 Å². The first-order chi connectivity index (χ1) is 0. The van der Waals surface area contributed by atoms with Gasteiger partial charge in [-0.25, -0.2) is 0 Å². The fourth-order valence-corrected chi connectivity index (χ4v) is 0. The molecule has 0 amide bonds. The normalized spacial score (nSPS) is 0. The first-order valence-electron chi connectivity index (χ1n) is 0. The molecule has 0 atom stereocenters. The number of hydrogen-bond donors (Lipinski definition) is 0. The molecule has 0 fully saturated rings. The van der Waals surface area contributed by atoms with Crippen molar-refractivity contribution in [2.24, 2.45) is 0 Å². The van der Waals surface area contributed by atoms with Gasteiger partial charge in [0.25, 0.3) is 0 Å². The van der Waals surface area contributed by atoms with Crippen molar-refractivity contribution in [3.05, 3.63) is 0 Å². The van der Waals surface area contributed by atoms with Gasteiger partial charge >= 0.3 is 17.4 Å². The number of halogens is 3. The van der Waals surface area contributed by atoms with Crippen molar-refractivity contribution < 1.29 is 71.9 Å². The molecule has 0 spiro atoms. The zero-order valence-electron chi connectivity index (χ0n) is 1.95. The Morgan fingerprint density at radius 2 is 0.600 bits per heavy atom. The molecule has 0 aliphatic rings. The van der Waals surface area contributed by atoms with Crippen LogP contribution in [0, 0.1) is 0 Å². The van der Waals surface area contributed by atoms with Gasteiger partial charge in [0.05, 0.1) is 0 Å². The molecule has 0 aromatic rings. The summed E-state index contributed by atoms with van der Waals surface area (Å²) in [5.74, 6) is 0. The van der Waals surface area contributed by atoms with E-state index in [1.807, 2.05) is 0 Å². The quantitative estimate of drug-likeness (QED) is 0.373. The minimum atomic E-state index is 0. The maximum absolute atomic E-state index is 0. The number of hydrogen-bond acceptors (Lipinski definition) is 0. The third-order valence-corrected chi connectivity index (χ3v) is 0. The molecule has 0 aliphatic heterocycles. The fourth-order valence-electron chi connectivity index (χ4n) is 0. The summed E-state index contributed by atoms with van der Waals surface area (Å²) in [5, 5.41) is 0. The van der Waals surface area contributed by atoms with Gasteiger partial charge in [0.15, 0.2) is 0 Å². The first-order valence-corrected chi connectivity index (χ1v) is 0. The van der Waals surface area contributed by atoms with Crippen molar-refractivity contribution in [1.29, 1.82) is 0 Å². The Morgan fingerprint density at radius 1 is 0.600 bits per heavy atom. The average Bonchev–Trinajstić information content (AvgIpc) is 0. The third kappa shape index (κ3) is 24.5. The molecule has 1 radical (unpaired) electrons. The molecule has 5 heavy (non-hydrogen) atoms. The van der Waals surface area contributed by atoms with Crippen molar-refractivity contribution >= 4 is 0 Å². The summed E-state index contributed by atoms with van der Waals surface area (Å²) in [6.07, 6.45) is 0. The van der Waals surface area contributed by atoms with Gasteiger partial charge in [-0.05, 0) is 0 Å². The molecule has 0 saturated carbocycles. The van der Waals surface area contributed by atoms with Crippen molar-refractivity contribution in [3.8, 4) is 0 Å². The molecule has 0 rings (SSSR count). The molecule has 0 aliphatic carbocycles. The van der Waals surface area contributed by atoms with Crippen molar-refractivity contribution in [2.75, 3.05) is 0 Å². The van der Waals surface area contributed by atoms with E-state index in [0.29, 0.717) is 0 Å². The Morgan fingerprint density at radius 3 is 0.600 bits per heavy atom. The second-order valence-electron chi connectivity index (χ2n) is 0. The second kappa shape index (κ2) is 38.6. The van der Waals surface area contributed by atoms with Crippen LogP contribution in [0.3, 0.4) is 0 Å². The van der Waals surface area contributed by atoms with E-state index in [-0.39, 0.29) is 71.9 Å². The number of rotatable bonds is 0. The van der Waals surface area contributed by atoms with Crippen LogP contribution in [0.15, 0.2) is 0 Å². The zero-order valence-corrected chi connectivity index (χ0v) is 6.77. The second-order valence-corrected chi connectivity index (χ2v) is 0. The largest absolute Gasteiger partial charge is 3.00 e. The van der Waals surface area contributed by atoms with Crippen LogP contribution in [0.1, 0.15) is 0 Å². The Labute approximate surface area is 71.6 Å². The fraction of sp³-hybridized carbons (Fsp3) is 0. The van der Waals surface area contributed by atoms with Crippen LogP contribution in [-0.2, 0) is 34.7 Å². The van der Waals surface area contributed by atoms with E-state index in [1.54, 1.807) is 0 Å². The predicted molar refractivity (Wildman–Crippen MR) is 0 cm³/mol. The summed E-state index contributed by atoms with van der Waals surface area (Å²) in [5.41, 5.74) is 0. The smallest absolute Gasteiger partial charge is 1.00 e. The molecule has 33 valence electrons. The summed E-state index contributed by atoms with van der Waals surface area (Å²) in [6, 6.07) is 0. The topological polar surface area (TPSA) is 0 Å². The van der Waals surface area contributed by atoms with E-state index in [4.69, 9.17) is 0 Å². The van der Waals surface area contributed by atoms with Gasteiger partial charge in [-0.2, -0.15) is 0 Å². The van der Waals surface area contributed by atoms with Crippen molar-refractivity contribution in [2.45, 2.75) is 0 Å². The molecule has 0 N–H and O–H groups in total. The molecule has 0 bridgehead atoms. The average molecular weight is 210 g/mol. The molecule has 0 aromatic carbocycles. The van der Waals surface area contributed by atoms with E-state index in [0.717, 1.165) is 0 Å². The van der Waals surface area contributed by atoms with Gasteiger partial charge in [0, 0.05) is 17.4 Å². The Bertz CT molecular complexity index is 4.85. The Hall–Kier alpha value is 1.93. The van der Waals surface area contributed by atoms with Crippen molar-refractivity contribution in [1.82, 2.24) is 0 Å². The van der Waals surface area contributed by atoms with E-state index in [1.165, 1.54) is 0 Å². The van der Waals surface area contributed by atoms with Crippen LogP contribution < -0.4 is 37.2 Å². The van der Waals surface area contributed by atoms with Gasteiger partial charge in [-0.1, -0.05) is 0 Å². The van der Waals surface area contributed by atoms with Crippen LogP contribution in [0.4, 0.5) is 0 Å². The minimum Gasteiger partial charge on any atom is -1.00 e. The maximum atomic E-state index is 0. The monoisotopic (exact) mass is 209 g/mol. The molecule has 0 nitrogen and oxygen atoms in total. The van der Waals surface area contributed by atoms with Crippen LogP contribution in [0.25, 0.3) is 0 Å². The van der Waals surface area contributed by atoms with Gasteiger partial charge in [-0.15, -0.1) is 0 Å². The SMILES string of the molecule is [Cl-].[Cl-].[Cl-].[Cr+3].[Cr]. The molecule has 0 aromatic heterocycles. The Kier molecular flexibility index (Phi) is 504. The molecule has 0 heterocycles. The maximum Gasteiger partial charge on any atom is 3.00 e. The summed E-state index contributed by atoms with van der Waals surface area (Å²) in [6.45, 7) is 0. The van der Waals surface area contributed by atoms with Crippen LogP contribution >= 0.6 is 0 Å². The zero-order chi connectivity index (χ0) is 0.